The molecule has 1 aliphatic heterocycles. The Morgan fingerprint density at radius 1 is 1.00 bits per heavy atom. The Labute approximate surface area is 230 Å². The van der Waals surface area contributed by atoms with E-state index in [0.29, 0.717) is 56.4 Å². The molecule has 0 aliphatic carbocycles. The summed E-state index contributed by atoms with van der Waals surface area (Å²) in [6, 6.07) is 13.2. The number of aromatic nitrogens is 1. The van der Waals surface area contributed by atoms with Gasteiger partial charge in [-0.25, -0.2) is 0 Å². The van der Waals surface area contributed by atoms with Crippen LogP contribution in [0.2, 0.25) is 10.0 Å². The highest BCUT2D eigenvalue weighted by atomic mass is 35.5. The van der Waals surface area contributed by atoms with Crippen molar-refractivity contribution in [1.29, 1.82) is 5.26 Å². The summed E-state index contributed by atoms with van der Waals surface area (Å²) in [6.45, 7) is 4.57. The first-order valence-electron chi connectivity index (χ1n) is 12.1. The third-order valence-electron chi connectivity index (χ3n) is 6.55. The van der Waals surface area contributed by atoms with E-state index < -0.39 is 0 Å². The molecule has 0 amide bonds. The third kappa shape index (κ3) is 5.11. The first kappa shape index (κ1) is 26.1. The summed E-state index contributed by atoms with van der Waals surface area (Å²) in [5, 5.41) is 16.4. The lowest BCUT2D eigenvalue weighted by molar-refractivity contribution is 0.0322. The minimum absolute atomic E-state index is 0.373. The number of anilines is 2. The molecule has 1 fully saturated rings. The molecule has 0 saturated carbocycles. The number of pyridine rings is 1. The second kappa shape index (κ2) is 11.5. The van der Waals surface area contributed by atoms with Crippen molar-refractivity contribution in [2.24, 2.45) is 0 Å². The van der Waals surface area contributed by atoms with E-state index in [9.17, 15) is 5.26 Å². The van der Waals surface area contributed by atoms with E-state index in [0.717, 1.165) is 49.0 Å². The molecule has 0 atom stereocenters. The largest absolute Gasteiger partial charge is 0.495 e. The number of hydrogen-bond acceptors (Lipinski definition) is 8. The van der Waals surface area contributed by atoms with Crippen LogP contribution < -0.4 is 19.5 Å². The molecule has 1 N–H and O–H groups in total. The highest BCUT2D eigenvalue weighted by Gasteiger charge is 2.18. The van der Waals surface area contributed by atoms with E-state index in [1.807, 2.05) is 24.3 Å². The van der Waals surface area contributed by atoms with Crippen LogP contribution in [0.15, 0.2) is 42.6 Å². The van der Waals surface area contributed by atoms with Gasteiger partial charge >= 0.3 is 0 Å². The second-order valence-corrected chi connectivity index (χ2v) is 9.52. The zero-order chi connectivity index (χ0) is 26.6. The number of benzene rings is 3. The monoisotopic (exact) mass is 552 g/mol. The van der Waals surface area contributed by atoms with Gasteiger partial charge in [-0.2, -0.15) is 5.26 Å². The van der Waals surface area contributed by atoms with Gasteiger partial charge in [0.05, 0.1) is 59.9 Å². The van der Waals surface area contributed by atoms with Gasteiger partial charge in [0.15, 0.2) is 11.5 Å². The number of methoxy groups -OCH3 is 2. The number of nitrogens with one attached hydrogen (secondary N) is 1. The predicted molar refractivity (Wildman–Crippen MR) is 150 cm³/mol. The number of morpholine rings is 1. The summed E-state index contributed by atoms with van der Waals surface area (Å²) >= 11 is 12.7. The van der Waals surface area contributed by atoms with Crippen molar-refractivity contribution in [3.8, 4) is 23.3 Å². The third-order valence-corrected chi connectivity index (χ3v) is 7.16. The van der Waals surface area contributed by atoms with Gasteiger partial charge < -0.3 is 24.3 Å². The normalized spacial score (nSPS) is 13.9. The van der Waals surface area contributed by atoms with Crippen molar-refractivity contribution < 1.29 is 18.9 Å². The zero-order valence-corrected chi connectivity index (χ0v) is 22.5. The first-order valence-corrected chi connectivity index (χ1v) is 12.8. The highest BCUT2D eigenvalue weighted by Crippen LogP contribution is 2.42. The Morgan fingerprint density at radius 2 is 1.74 bits per heavy atom. The van der Waals surface area contributed by atoms with Gasteiger partial charge in [0.1, 0.15) is 18.4 Å². The topological polar surface area (TPSA) is 88.9 Å². The minimum atomic E-state index is 0.373. The molecule has 2 heterocycles. The van der Waals surface area contributed by atoms with E-state index in [1.165, 1.54) is 7.11 Å². The Kier molecular flexibility index (Phi) is 7.91. The summed E-state index contributed by atoms with van der Waals surface area (Å²) in [5.74, 6) is 1.77. The van der Waals surface area contributed by atoms with E-state index >= 15 is 0 Å². The SMILES string of the molecule is COc1cc(Nc2c(C#N)cnc3c2ccc2c(OCCN4CCOCC4)c(OC)ccc23)c(Cl)cc1Cl. The number of rotatable bonds is 8. The van der Waals surface area contributed by atoms with Crippen LogP contribution >= 0.6 is 23.2 Å². The fourth-order valence-electron chi connectivity index (χ4n) is 4.57. The number of halogens is 2. The lowest BCUT2D eigenvalue weighted by Gasteiger charge is -2.26. The maximum atomic E-state index is 9.84. The van der Waals surface area contributed by atoms with Crippen molar-refractivity contribution in [3.05, 3.63) is 58.2 Å². The fraction of sp³-hybridized carbons (Fsp3) is 0.286. The number of nitriles is 1. The van der Waals surface area contributed by atoms with Gasteiger partial charge in [0.2, 0.25) is 0 Å². The standard InChI is InChI=1S/C28H26Cl2N4O4/c1-35-24-6-5-18-19(28(24)38-12-9-34-7-10-37-11-8-34)3-4-20-26(17(15-31)16-32-27(18)20)33-23-14-25(36-2)22(30)13-21(23)29/h3-6,13-14,16H,7-12H2,1-2H3,(H,32,33). The molecule has 196 valence electrons. The van der Waals surface area contributed by atoms with Crippen LogP contribution in [0.25, 0.3) is 21.7 Å². The lowest BCUT2D eigenvalue weighted by Crippen LogP contribution is -2.38. The summed E-state index contributed by atoms with van der Waals surface area (Å²) in [4.78, 5) is 6.96. The van der Waals surface area contributed by atoms with E-state index in [-0.39, 0.29) is 0 Å². The summed E-state index contributed by atoms with van der Waals surface area (Å²) in [7, 11) is 3.16. The summed E-state index contributed by atoms with van der Waals surface area (Å²) < 4.78 is 22.7. The maximum Gasteiger partial charge on any atom is 0.169 e. The van der Waals surface area contributed by atoms with Crippen molar-refractivity contribution >= 4 is 56.3 Å². The van der Waals surface area contributed by atoms with Crippen LogP contribution in [0.3, 0.4) is 0 Å². The number of hydrogen-bond donors (Lipinski definition) is 1. The molecule has 8 nitrogen and oxygen atoms in total. The van der Waals surface area contributed by atoms with Crippen molar-refractivity contribution in [2.45, 2.75) is 0 Å². The van der Waals surface area contributed by atoms with Gasteiger partial charge in [-0.1, -0.05) is 23.2 Å². The van der Waals surface area contributed by atoms with Crippen molar-refractivity contribution in [3.63, 3.8) is 0 Å². The molecule has 10 heteroatoms. The average molecular weight is 553 g/mol. The second-order valence-electron chi connectivity index (χ2n) is 8.71. The first-order chi connectivity index (χ1) is 18.5. The molecule has 38 heavy (non-hydrogen) atoms. The quantitative estimate of drug-likeness (QED) is 0.265. The molecule has 3 aromatic carbocycles. The van der Waals surface area contributed by atoms with Gasteiger partial charge in [-0.15, -0.1) is 0 Å². The summed E-state index contributed by atoms with van der Waals surface area (Å²) in [6.07, 6.45) is 1.55. The van der Waals surface area contributed by atoms with Crippen LogP contribution in [-0.4, -0.2) is 63.6 Å². The molecule has 4 aromatic rings. The number of nitrogens with zero attached hydrogens (tertiary/aromatic N) is 3. The Bertz CT molecular complexity index is 1530. The molecule has 0 spiro atoms. The maximum absolute atomic E-state index is 9.84. The van der Waals surface area contributed by atoms with E-state index in [1.54, 1.807) is 25.4 Å². The molecular formula is C28H26Cl2N4O4. The molecule has 1 aliphatic rings. The van der Waals surface area contributed by atoms with E-state index in [2.05, 4.69) is 21.3 Å². The number of ether oxygens (including phenoxy) is 4. The Morgan fingerprint density at radius 3 is 2.47 bits per heavy atom. The van der Waals surface area contributed by atoms with Gasteiger partial charge in [0.25, 0.3) is 0 Å². The molecule has 0 radical (unpaired) electrons. The van der Waals surface area contributed by atoms with E-state index in [4.69, 9.17) is 42.1 Å². The number of fused-ring (bicyclic) bond motifs is 3. The zero-order valence-electron chi connectivity index (χ0n) is 21.0. The van der Waals surface area contributed by atoms with Crippen LogP contribution in [0.1, 0.15) is 5.56 Å². The van der Waals surface area contributed by atoms with Crippen molar-refractivity contribution in [2.75, 3.05) is 59.0 Å². The van der Waals surface area contributed by atoms with Gasteiger partial charge in [-0.05, 0) is 30.3 Å². The Hall–Kier alpha value is -3.48. The smallest absolute Gasteiger partial charge is 0.169 e. The van der Waals surface area contributed by atoms with Crippen LogP contribution in [0.4, 0.5) is 11.4 Å². The predicted octanol–water partition coefficient (Wildman–Crippen LogP) is 6.04. The van der Waals surface area contributed by atoms with Crippen LogP contribution in [0.5, 0.6) is 17.2 Å². The molecular weight excluding hydrogens is 527 g/mol. The minimum Gasteiger partial charge on any atom is -0.495 e. The molecule has 1 saturated heterocycles. The van der Waals surface area contributed by atoms with Crippen LogP contribution in [0, 0.1) is 11.3 Å². The van der Waals surface area contributed by atoms with Crippen molar-refractivity contribution in [1.82, 2.24) is 9.88 Å². The highest BCUT2D eigenvalue weighted by molar-refractivity contribution is 6.37. The van der Waals surface area contributed by atoms with Crippen LogP contribution in [-0.2, 0) is 4.74 Å². The summed E-state index contributed by atoms with van der Waals surface area (Å²) in [5.41, 5.74) is 2.22. The van der Waals surface area contributed by atoms with Gasteiger partial charge in [-0.3, -0.25) is 9.88 Å². The Balaban J connectivity index is 1.56. The molecule has 0 unspecified atom stereocenters. The average Bonchev–Trinajstić information content (AvgIpc) is 2.94. The molecule has 5 rings (SSSR count). The molecule has 0 bridgehead atoms. The fourth-order valence-corrected chi connectivity index (χ4v) is 5.08. The lowest BCUT2D eigenvalue weighted by atomic mass is 10.0. The van der Waals surface area contributed by atoms with Gasteiger partial charge in [0, 0.05) is 48.1 Å². The molecule has 1 aromatic heterocycles.